The normalized spacial score (nSPS) is 33.6. The monoisotopic (exact) mass is 248 g/mol. The summed E-state index contributed by atoms with van der Waals surface area (Å²) in [5, 5.41) is 13.1. The zero-order chi connectivity index (χ0) is 13.0. The molecule has 0 spiro atoms. The Labute approximate surface area is 112 Å². The van der Waals surface area contributed by atoms with Crippen LogP contribution in [0.4, 0.5) is 0 Å². The molecule has 2 saturated carbocycles. The van der Waals surface area contributed by atoms with E-state index in [0.717, 1.165) is 6.42 Å². The fraction of sp³-hybridized carbons (Fsp3) is 0.938. The Kier molecular flexibility index (Phi) is 4.67. The van der Waals surface area contributed by atoms with E-state index in [9.17, 15) is 5.26 Å². The molecule has 2 fully saturated rings. The lowest BCUT2D eigenvalue weighted by atomic mass is 9.75. The Hall–Kier alpha value is -0.550. The first-order valence-corrected chi connectivity index (χ1v) is 7.76. The lowest BCUT2D eigenvalue weighted by molar-refractivity contribution is 0.189. The van der Waals surface area contributed by atoms with Gasteiger partial charge in [-0.2, -0.15) is 5.26 Å². The SMILES string of the molecule is CC1(C)CCC(NC2CCCCCC2C#N)CC1. The van der Waals surface area contributed by atoms with Gasteiger partial charge in [-0.1, -0.05) is 33.1 Å². The average molecular weight is 248 g/mol. The van der Waals surface area contributed by atoms with Gasteiger partial charge in [0.2, 0.25) is 0 Å². The van der Waals surface area contributed by atoms with Gasteiger partial charge >= 0.3 is 0 Å². The van der Waals surface area contributed by atoms with E-state index < -0.39 is 0 Å². The number of nitriles is 1. The van der Waals surface area contributed by atoms with Crippen LogP contribution in [-0.4, -0.2) is 12.1 Å². The molecular weight excluding hydrogens is 220 g/mol. The number of rotatable bonds is 2. The van der Waals surface area contributed by atoms with Crippen LogP contribution in [0.3, 0.4) is 0 Å². The smallest absolute Gasteiger partial charge is 0.0672 e. The lowest BCUT2D eigenvalue weighted by Gasteiger charge is -2.37. The highest BCUT2D eigenvalue weighted by Gasteiger charge is 2.30. The molecular formula is C16H28N2. The zero-order valence-corrected chi connectivity index (χ0v) is 12.0. The van der Waals surface area contributed by atoms with E-state index in [1.54, 1.807) is 0 Å². The van der Waals surface area contributed by atoms with Gasteiger partial charge in [-0.05, 0) is 43.9 Å². The van der Waals surface area contributed by atoms with E-state index in [0.29, 0.717) is 17.5 Å². The van der Waals surface area contributed by atoms with Crippen molar-refractivity contribution in [3.63, 3.8) is 0 Å². The maximum Gasteiger partial charge on any atom is 0.0672 e. The Morgan fingerprint density at radius 2 is 1.67 bits per heavy atom. The first-order valence-electron chi connectivity index (χ1n) is 7.76. The van der Waals surface area contributed by atoms with Gasteiger partial charge in [0.1, 0.15) is 0 Å². The molecule has 2 atom stereocenters. The van der Waals surface area contributed by atoms with Crippen molar-refractivity contribution in [2.45, 2.75) is 83.7 Å². The number of hydrogen-bond acceptors (Lipinski definition) is 2. The molecule has 0 saturated heterocycles. The molecule has 0 aromatic carbocycles. The van der Waals surface area contributed by atoms with Gasteiger partial charge in [-0.3, -0.25) is 0 Å². The van der Waals surface area contributed by atoms with Gasteiger partial charge in [0.25, 0.3) is 0 Å². The first kappa shape index (κ1) is 13.9. The molecule has 2 heteroatoms. The second-order valence-electron chi connectivity index (χ2n) is 7.09. The zero-order valence-electron chi connectivity index (χ0n) is 12.0. The van der Waals surface area contributed by atoms with E-state index in [1.807, 2.05) is 0 Å². The van der Waals surface area contributed by atoms with Gasteiger partial charge in [0, 0.05) is 12.1 Å². The lowest BCUT2D eigenvalue weighted by Crippen LogP contribution is -2.44. The Balaban J connectivity index is 1.86. The molecule has 0 aromatic rings. The molecule has 2 rings (SSSR count). The molecule has 0 bridgehead atoms. The molecule has 0 heterocycles. The molecule has 0 amide bonds. The van der Waals surface area contributed by atoms with Crippen LogP contribution in [0, 0.1) is 22.7 Å². The van der Waals surface area contributed by atoms with E-state index >= 15 is 0 Å². The first-order chi connectivity index (χ1) is 8.61. The van der Waals surface area contributed by atoms with Crippen molar-refractivity contribution < 1.29 is 0 Å². The van der Waals surface area contributed by atoms with Crippen LogP contribution in [0.5, 0.6) is 0 Å². The van der Waals surface area contributed by atoms with Crippen molar-refractivity contribution in [2.75, 3.05) is 0 Å². The van der Waals surface area contributed by atoms with Crippen LogP contribution < -0.4 is 5.32 Å². The summed E-state index contributed by atoms with van der Waals surface area (Å²) in [5.41, 5.74) is 0.538. The van der Waals surface area contributed by atoms with Crippen LogP contribution in [0.15, 0.2) is 0 Å². The number of nitrogens with zero attached hydrogens (tertiary/aromatic N) is 1. The summed E-state index contributed by atoms with van der Waals surface area (Å²) in [6.07, 6.45) is 11.4. The maximum atomic E-state index is 9.31. The molecule has 0 aromatic heterocycles. The fourth-order valence-electron chi connectivity index (χ4n) is 3.53. The Bertz CT molecular complexity index is 293. The predicted molar refractivity (Wildman–Crippen MR) is 75.1 cm³/mol. The molecule has 18 heavy (non-hydrogen) atoms. The second kappa shape index (κ2) is 6.06. The van der Waals surface area contributed by atoms with Crippen molar-refractivity contribution >= 4 is 0 Å². The summed E-state index contributed by atoms with van der Waals surface area (Å²) in [7, 11) is 0. The number of hydrogen-bond donors (Lipinski definition) is 1. The molecule has 0 radical (unpaired) electrons. The van der Waals surface area contributed by atoms with Crippen molar-refractivity contribution in [1.82, 2.24) is 5.32 Å². The van der Waals surface area contributed by atoms with Crippen molar-refractivity contribution in [1.29, 1.82) is 5.26 Å². The summed E-state index contributed by atoms with van der Waals surface area (Å²) < 4.78 is 0. The summed E-state index contributed by atoms with van der Waals surface area (Å²) in [6.45, 7) is 4.76. The van der Waals surface area contributed by atoms with E-state index in [-0.39, 0.29) is 5.92 Å². The van der Waals surface area contributed by atoms with Gasteiger partial charge in [0.15, 0.2) is 0 Å². The van der Waals surface area contributed by atoms with E-state index in [2.05, 4.69) is 25.2 Å². The minimum Gasteiger partial charge on any atom is -0.310 e. The minimum atomic E-state index is 0.252. The third-order valence-electron chi connectivity index (χ3n) is 4.97. The third-order valence-corrected chi connectivity index (χ3v) is 4.97. The van der Waals surface area contributed by atoms with Crippen LogP contribution in [0.1, 0.15) is 71.6 Å². The van der Waals surface area contributed by atoms with Crippen LogP contribution >= 0.6 is 0 Å². The highest BCUT2D eigenvalue weighted by molar-refractivity contribution is 4.95. The molecule has 2 nitrogen and oxygen atoms in total. The van der Waals surface area contributed by atoms with E-state index in [4.69, 9.17) is 0 Å². The molecule has 2 aliphatic rings. The molecule has 0 aliphatic heterocycles. The molecule has 102 valence electrons. The van der Waals surface area contributed by atoms with Gasteiger partial charge in [-0.25, -0.2) is 0 Å². The second-order valence-corrected chi connectivity index (χ2v) is 7.09. The summed E-state index contributed by atoms with van der Waals surface area (Å²) in [6, 6.07) is 3.66. The highest BCUT2D eigenvalue weighted by atomic mass is 15.0. The minimum absolute atomic E-state index is 0.252. The predicted octanol–water partition coefficient (Wildman–Crippen LogP) is 4.02. The van der Waals surface area contributed by atoms with Crippen molar-refractivity contribution in [3.8, 4) is 6.07 Å². The largest absolute Gasteiger partial charge is 0.310 e. The quantitative estimate of drug-likeness (QED) is 0.749. The molecule has 1 N–H and O–H groups in total. The maximum absolute atomic E-state index is 9.31. The number of nitrogens with one attached hydrogen (secondary N) is 1. The van der Waals surface area contributed by atoms with Crippen LogP contribution in [0.2, 0.25) is 0 Å². The van der Waals surface area contributed by atoms with Gasteiger partial charge in [0.05, 0.1) is 12.0 Å². The standard InChI is InChI=1S/C16H28N2/c1-16(2)10-8-14(9-11-16)18-15-7-5-3-4-6-13(15)12-17/h13-15,18H,3-11H2,1-2H3. The summed E-state index contributed by atoms with van der Waals surface area (Å²) in [5.74, 6) is 0.252. The highest BCUT2D eigenvalue weighted by Crippen LogP contribution is 2.35. The van der Waals surface area contributed by atoms with E-state index in [1.165, 1.54) is 51.4 Å². The molecule has 2 aliphatic carbocycles. The summed E-state index contributed by atoms with van der Waals surface area (Å²) >= 11 is 0. The average Bonchev–Trinajstić information content (AvgIpc) is 2.57. The van der Waals surface area contributed by atoms with Gasteiger partial charge in [-0.15, -0.1) is 0 Å². The fourth-order valence-corrected chi connectivity index (χ4v) is 3.53. The third kappa shape index (κ3) is 3.72. The Morgan fingerprint density at radius 1 is 1.00 bits per heavy atom. The van der Waals surface area contributed by atoms with Crippen molar-refractivity contribution in [2.24, 2.45) is 11.3 Å². The summed E-state index contributed by atoms with van der Waals surface area (Å²) in [4.78, 5) is 0. The topological polar surface area (TPSA) is 35.8 Å². The van der Waals surface area contributed by atoms with Crippen LogP contribution in [0.25, 0.3) is 0 Å². The molecule has 2 unspecified atom stereocenters. The Morgan fingerprint density at radius 3 is 2.33 bits per heavy atom. The van der Waals surface area contributed by atoms with Crippen molar-refractivity contribution in [3.05, 3.63) is 0 Å². The van der Waals surface area contributed by atoms with Gasteiger partial charge < -0.3 is 5.32 Å². The van der Waals surface area contributed by atoms with Crippen LogP contribution in [-0.2, 0) is 0 Å².